The van der Waals surface area contributed by atoms with Gasteiger partial charge in [-0.2, -0.15) is 0 Å². The van der Waals surface area contributed by atoms with E-state index in [-0.39, 0.29) is 24.3 Å². The third kappa shape index (κ3) is 5.69. The predicted molar refractivity (Wildman–Crippen MR) is 78.6 cm³/mol. The smallest absolute Gasteiger partial charge is 0.269 e. The van der Waals surface area contributed by atoms with Crippen LogP contribution in [-0.2, 0) is 4.79 Å². The third-order valence-corrected chi connectivity index (χ3v) is 2.43. The van der Waals surface area contributed by atoms with Gasteiger partial charge in [-0.3, -0.25) is 9.59 Å². The van der Waals surface area contributed by atoms with Gasteiger partial charge in [0.15, 0.2) is 0 Å². The zero-order valence-electron chi connectivity index (χ0n) is 12.2. The highest BCUT2D eigenvalue weighted by atomic mass is 16.2. The fourth-order valence-electron chi connectivity index (χ4n) is 1.62. The summed E-state index contributed by atoms with van der Waals surface area (Å²) in [5.41, 5.74) is 0.340. The van der Waals surface area contributed by atoms with E-state index in [1.807, 2.05) is 20.8 Å². The van der Waals surface area contributed by atoms with Crippen molar-refractivity contribution in [3.05, 3.63) is 23.9 Å². The van der Waals surface area contributed by atoms with Crippen molar-refractivity contribution in [2.45, 2.75) is 33.2 Å². The molecule has 0 bridgehead atoms. The van der Waals surface area contributed by atoms with E-state index in [0.29, 0.717) is 18.1 Å². The van der Waals surface area contributed by atoms with Crippen LogP contribution in [0.4, 0.5) is 5.82 Å². The second-order valence-corrected chi connectivity index (χ2v) is 4.67. The Kier molecular flexibility index (Phi) is 6.49. The summed E-state index contributed by atoms with van der Waals surface area (Å²) < 4.78 is 0. The summed E-state index contributed by atoms with van der Waals surface area (Å²) in [6.07, 6.45) is 0.261. The fourth-order valence-corrected chi connectivity index (χ4v) is 1.62. The SMILES string of the molecule is CCNc1cccc(C(=O)NCCC(=O)NC(C)C)n1. The summed E-state index contributed by atoms with van der Waals surface area (Å²) in [4.78, 5) is 27.5. The Morgan fingerprint density at radius 1 is 1.30 bits per heavy atom. The standard InChI is InChI=1S/C14H22N4O2/c1-4-15-12-7-5-6-11(18-12)14(20)16-9-8-13(19)17-10(2)3/h5-7,10H,4,8-9H2,1-3H3,(H,15,18)(H,16,20)(H,17,19). The molecule has 0 fully saturated rings. The maximum Gasteiger partial charge on any atom is 0.269 e. The molecule has 1 aromatic heterocycles. The van der Waals surface area contributed by atoms with E-state index in [0.717, 1.165) is 6.54 Å². The zero-order chi connectivity index (χ0) is 15.0. The van der Waals surface area contributed by atoms with Crippen LogP contribution in [0.25, 0.3) is 0 Å². The number of amides is 2. The molecule has 2 amide bonds. The number of pyridine rings is 1. The lowest BCUT2D eigenvalue weighted by Gasteiger charge is -2.09. The van der Waals surface area contributed by atoms with Crippen molar-refractivity contribution < 1.29 is 9.59 Å². The summed E-state index contributed by atoms with van der Waals surface area (Å²) >= 11 is 0. The van der Waals surface area contributed by atoms with Crippen LogP contribution in [0.5, 0.6) is 0 Å². The number of rotatable bonds is 7. The van der Waals surface area contributed by atoms with E-state index >= 15 is 0 Å². The van der Waals surface area contributed by atoms with E-state index in [4.69, 9.17) is 0 Å². The first-order valence-corrected chi connectivity index (χ1v) is 6.81. The average molecular weight is 278 g/mol. The monoisotopic (exact) mass is 278 g/mol. The Bertz CT molecular complexity index is 460. The molecule has 20 heavy (non-hydrogen) atoms. The highest BCUT2D eigenvalue weighted by Crippen LogP contribution is 2.04. The molecule has 110 valence electrons. The van der Waals surface area contributed by atoms with Gasteiger partial charge in [0.1, 0.15) is 11.5 Å². The third-order valence-electron chi connectivity index (χ3n) is 2.43. The average Bonchev–Trinajstić information content (AvgIpc) is 2.38. The lowest BCUT2D eigenvalue weighted by molar-refractivity contribution is -0.121. The van der Waals surface area contributed by atoms with Crippen molar-refractivity contribution in [3.8, 4) is 0 Å². The first-order chi connectivity index (χ1) is 9.52. The van der Waals surface area contributed by atoms with Crippen molar-refractivity contribution in [1.29, 1.82) is 0 Å². The molecule has 1 heterocycles. The first-order valence-electron chi connectivity index (χ1n) is 6.81. The van der Waals surface area contributed by atoms with Crippen LogP contribution < -0.4 is 16.0 Å². The number of carbonyl (C=O) groups is 2. The van der Waals surface area contributed by atoms with E-state index in [2.05, 4.69) is 20.9 Å². The molecule has 0 radical (unpaired) electrons. The highest BCUT2D eigenvalue weighted by molar-refractivity contribution is 5.92. The zero-order valence-corrected chi connectivity index (χ0v) is 12.2. The molecule has 3 N–H and O–H groups in total. The van der Waals surface area contributed by atoms with Crippen molar-refractivity contribution >= 4 is 17.6 Å². The Morgan fingerprint density at radius 2 is 2.05 bits per heavy atom. The number of nitrogens with one attached hydrogen (secondary N) is 3. The quantitative estimate of drug-likeness (QED) is 0.699. The van der Waals surface area contributed by atoms with Crippen molar-refractivity contribution in [3.63, 3.8) is 0 Å². The van der Waals surface area contributed by atoms with Gasteiger partial charge in [0.25, 0.3) is 5.91 Å². The van der Waals surface area contributed by atoms with E-state index in [1.165, 1.54) is 0 Å². The summed E-state index contributed by atoms with van der Waals surface area (Å²) in [5, 5.41) is 8.49. The topological polar surface area (TPSA) is 83.1 Å². The van der Waals surface area contributed by atoms with Gasteiger partial charge in [0.05, 0.1) is 0 Å². The lowest BCUT2D eigenvalue weighted by atomic mass is 10.3. The van der Waals surface area contributed by atoms with Gasteiger partial charge < -0.3 is 16.0 Å². The summed E-state index contributed by atoms with van der Waals surface area (Å²) in [6.45, 7) is 6.79. The fraction of sp³-hybridized carbons (Fsp3) is 0.500. The van der Waals surface area contributed by atoms with Gasteiger partial charge in [0, 0.05) is 25.6 Å². The maximum absolute atomic E-state index is 11.9. The normalized spacial score (nSPS) is 10.2. The molecule has 6 heteroatoms. The second kappa shape index (κ2) is 8.14. The minimum atomic E-state index is -0.276. The minimum Gasteiger partial charge on any atom is -0.370 e. The highest BCUT2D eigenvalue weighted by Gasteiger charge is 2.09. The number of aromatic nitrogens is 1. The molecule has 0 atom stereocenters. The van der Waals surface area contributed by atoms with Crippen LogP contribution in [0.15, 0.2) is 18.2 Å². The number of hydrogen-bond acceptors (Lipinski definition) is 4. The van der Waals surface area contributed by atoms with Crippen LogP contribution in [0.2, 0.25) is 0 Å². The molecule has 0 aliphatic rings. The molecule has 6 nitrogen and oxygen atoms in total. The molecule has 0 saturated heterocycles. The number of carbonyl (C=O) groups excluding carboxylic acids is 2. The van der Waals surface area contributed by atoms with Crippen LogP contribution in [0, 0.1) is 0 Å². The number of nitrogens with zero attached hydrogens (tertiary/aromatic N) is 1. The molecule has 1 rings (SSSR count). The van der Waals surface area contributed by atoms with Gasteiger partial charge in [0.2, 0.25) is 5.91 Å². The van der Waals surface area contributed by atoms with Crippen molar-refractivity contribution in [2.75, 3.05) is 18.4 Å². The van der Waals surface area contributed by atoms with E-state index in [9.17, 15) is 9.59 Å². The first kappa shape index (κ1) is 15.9. The van der Waals surface area contributed by atoms with Gasteiger partial charge in [-0.1, -0.05) is 6.07 Å². The lowest BCUT2D eigenvalue weighted by Crippen LogP contribution is -2.34. The van der Waals surface area contributed by atoms with E-state index < -0.39 is 0 Å². The summed E-state index contributed by atoms with van der Waals surface area (Å²) in [5.74, 6) is 0.314. The van der Waals surface area contributed by atoms with Gasteiger partial charge in [-0.15, -0.1) is 0 Å². The van der Waals surface area contributed by atoms with Crippen LogP contribution >= 0.6 is 0 Å². The molecule has 0 aromatic carbocycles. The number of hydrogen-bond donors (Lipinski definition) is 3. The van der Waals surface area contributed by atoms with Crippen molar-refractivity contribution in [1.82, 2.24) is 15.6 Å². The molecular weight excluding hydrogens is 256 g/mol. The maximum atomic E-state index is 11.9. The van der Waals surface area contributed by atoms with Gasteiger partial charge in [-0.05, 0) is 32.9 Å². The Labute approximate surface area is 119 Å². The molecule has 0 spiro atoms. The Balaban J connectivity index is 2.43. The van der Waals surface area contributed by atoms with Crippen LogP contribution in [0.1, 0.15) is 37.7 Å². The molecule has 0 unspecified atom stereocenters. The van der Waals surface area contributed by atoms with E-state index in [1.54, 1.807) is 18.2 Å². The van der Waals surface area contributed by atoms with Gasteiger partial charge >= 0.3 is 0 Å². The van der Waals surface area contributed by atoms with Crippen LogP contribution in [-0.4, -0.2) is 35.9 Å². The molecule has 0 aliphatic carbocycles. The largest absolute Gasteiger partial charge is 0.370 e. The summed E-state index contributed by atoms with van der Waals surface area (Å²) in [7, 11) is 0. The number of anilines is 1. The minimum absolute atomic E-state index is 0.0744. The molecule has 0 saturated carbocycles. The summed E-state index contributed by atoms with van der Waals surface area (Å²) in [6, 6.07) is 5.32. The molecular formula is C14H22N4O2. The van der Waals surface area contributed by atoms with Gasteiger partial charge in [-0.25, -0.2) is 4.98 Å². The second-order valence-electron chi connectivity index (χ2n) is 4.67. The Hall–Kier alpha value is -2.11. The molecule has 0 aliphatic heterocycles. The van der Waals surface area contributed by atoms with Crippen LogP contribution in [0.3, 0.4) is 0 Å². The van der Waals surface area contributed by atoms with Crippen molar-refractivity contribution in [2.24, 2.45) is 0 Å². The predicted octanol–water partition coefficient (Wildman–Crippen LogP) is 1.16. The molecule has 1 aromatic rings. The Morgan fingerprint density at radius 3 is 2.70 bits per heavy atom.